The summed E-state index contributed by atoms with van der Waals surface area (Å²) in [6.07, 6.45) is -4.46. The lowest BCUT2D eigenvalue weighted by atomic mass is 10.1. The lowest BCUT2D eigenvalue weighted by Crippen LogP contribution is -2.37. The summed E-state index contributed by atoms with van der Waals surface area (Å²) in [6, 6.07) is 4.08. The first kappa shape index (κ1) is 16.0. The number of halogens is 3. The van der Waals surface area contributed by atoms with Gasteiger partial charge in [-0.1, -0.05) is 12.1 Å². The van der Waals surface area contributed by atoms with E-state index in [0.717, 1.165) is 12.1 Å². The second-order valence-corrected chi connectivity index (χ2v) is 6.11. The highest BCUT2D eigenvalue weighted by molar-refractivity contribution is 7.98. The molecule has 0 radical (unpaired) electrons. The fourth-order valence-corrected chi connectivity index (χ4v) is 3.28. The van der Waals surface area contributed by atoms with Gasteiger partial charge in [0, 0.05) is 11.3 Å². The molecule has 0 fully saturated rings. The first-order valence-corrected chi connectivity index (χ1v) is 7.68. The SMILES string of the molecule is O=c1[nH]c(-c2ccc(C(F)(F)F)cc2)nc2c1CSCC2(O)O. The maximum Gasteiger partial charge on any atom is 0.416 e. The number of thioether (sulfide) groups is 1. The number of aliphatic hydroxyl groups is 2. The van der Waals surface area contributed by atoms with E-state index in [1.54, 1.807) is 0 Å². The fourth-order valence-electron chi connectivity index (χ4n) is 2.28. The number of benzene rings is 1. The van der Waals surface area contributed by atoms with Gasteiger partial charge in [-0.2, -0.15) is 24.9 Å². The molecule has 1 aromatic carbocycles. The molecule has 122 valence electrons. The average molecular weight is 344 g/mol. The highest BCUT2D eigenvalue weighted by atomic mass is 32.2. The molecule has 1 aromatic heterocycles. The van der Waals surface area contributed by atoms with Crippen molar-refractivity contribution in [2.24, 2.45) is 0 Å². The van der Waals surface area contributed by atoms with Crippen LogP contribution in [-0.2, 0) is 17.7 Å². The van der Waals surface area contributed by atoms with Crippen molar-refractivity contribution < 1.29 is 23.4 Å². The van der Waals surface area contributed by atoms with Crippen molar-refractivity contribution >= 4 is 11.8 Å². The number of hydrogen-bond acceptors (Lipinski definition) is 5. The van der Waals surface area contributed by atoms with E-state index in [-0.39, 0.29) is 34.2 Å². The maximum atomic E-state index is 12.6. The number of aromatic nitrogens is 2. The topological polar surface area (TPSA) is 86.2 Å². The van der Waals surface area contributed by atoms with E-state index >= 15 is 0 Å². The van der Waals surface area contributed by atoms with Crippen LogP contribution in [0.15, 0.2) is 29.1 Å². The molecule has 23 heavy (non-hydrogen) atoms. The molecule has 3 rings (SSSR count). The van der Waals surface area contributed by atoms with Gasteiger partial charge in [-0.05, 0) is 12.1 Å². The van der Waals surface area contributed by atoms with Crippen LogP contribution >= 0.6 is 11.8 Å². The highest BCUT2D eigenvalue weighted by Gasteiger charge is 2.36. The monoisotopic (exact) mass is 344 g/mol. The molecule has 5 nitrogen and oxygen atoms in total. The van der Waals surface area contributed by atoms with E-state index in [0.29, 0.717) is 0 Å². The molecular formula is C14H11F3N2O3S. The number of rotatable bonds is 1. The first-order chi connectivity index (χ1) is 10.7. The lowest BCUT2D eigenvalue weighted by Gasteiger charge is -2.27. The van der Waals surface area contributed by atoms with Crippen LogP contribution in [-0.4, -0.2) is 25.9 Å². The Labute approximate surface area is 132 Å². The average Bonchev–Trinajstić information content (AvgIpc) is 2.47. The summed E-state index contributed by atoms with van der Waals surface area (Å²) < 4.78 is 37.7. The van der Waals surface area contributed by atoms with E-state index in [4.69, 9.17) is 0 Å². The summed E-state index contributed by atoms with van der Waals surface area (Å²) in [7, 11) is 0. The molecule has 3 N–H and O–H groups in total. The zero-order chi connectivity index (χ0) is 16.8. The Morgan fingerprint density at radius 1 is 1.22 bits per heavy atom. The third kappa shape index (κ3) is 2.99. The van der Waals surface area contributed by atoms with Crippen LogP contribution in [0, 0.1) is 0 Å². The Kier molecular flexibility index (Phi) is 3.74. The van der Waals surface area contributed by atoms with E-state index in [1.165, 1.54) is 23.9 Å². The van der Waals surface area contributed by atoms with Crippen molar-refractivity contribution in [2.45, 2.75) is 17.7 Å². The summed E-state index contributed by atoms with van der Waals surface area (Å²) >= 11 is 1.18. The van der Waals surface area contributed by atoms with Crippen molar-refractivity contribution in [3.8, 4) is 11.4 Å². The third-order valence-corrected chi connectivity index (χ3v) is 4.53. The van der Waals surface area contributed by atoms with Crippen LogP contribution in [0.3, 0.4) is 0 Å². The van der Waals surface area contributed by atoms with Crippen molar-refractivity contribution in [2.75, 3.05) is 5.75 Å². The van der Waals surface area contributed by atoms with E-state index < -0.39 is 23.1 Å². The van der Waals surface area contributed by atoms with Gasteiger partial charge >= 0.3 is 6.18 Å². The summed E-state index contributed by atoms with van der Waals surface area (Å²) in [5.74, 6) is -2.01. The molecule has 1 aliphatic heterocycles. The largest absolute Gasteiger partial charge is 0.416 e. The summed E-state index contributed by atoms with van der Waals surface area (Å²) in [5.41, 5.74) is -1.12. The molecule has 2 aromatic rings. The van der Waals surface area contributed by atoms with Crippen LogP contribution in [0.1, 0.15) is 16.8 Å². The minimum Gasteiger partial charge on any atom is -0.360 e. The van der Waals surface area contributed by atoms with E-state index in [9.17, 15) is 28.2 Å². The lowest BCUT2D eigenvalue weighted by molar-refractivity contribution is -0.152. The van der Waals surface area contributed by atoms with Gasteiger partial charge in [-0.3, -0.25) is 4.79 Å². The number of hydrogen-bond donors (Lipinski definition) is 3. The second-order valence-electron chi connectivity index (χ2n) is 5.13. The summed E-state index contributed by atoms with van der Waals surface area (Å²) in [5, 5.41) is 19.9. The molecule has 0 spiro atoms. The van der Waals surface area contributed by atoms with Crippen LogP contribution in [0.25, 0.3) is 11.4 Å². The fraction of sp³-hybridized carbons (Fsp3) is 0.286. The molecule has 0 unspecified atom stereocenters. The Balaban J connectivity index is 2.08. The predicted molar refractivity (Wildman–Crippen MR) is 77.6 cm³/mol. The number of nitrogens with zero attached hydrogens (tertiary/aromatic N) is 1. The highest BCUT2D eigenvalue weighted by Crippen LogP contribution is 2.33. The standard InChI is InChI=1S/C14H11F3N2O3S/c15-14(16,17)8-3-1-7(2-4-8)11-18-10-9(12(20)19-11)5-23-6-13(10,21)22/h1-4,21-22H,5-6H2,(H,18,19,20). The Morgan fingerprint density at radius 3 is 2.48 bits per heavy atom. The molecule has 0 saturated heterocycles. The number of nitrogens with one attached hydrogen (secondary N) is 1. The molecule has 2 heterocycles. The van der Waals surface area contributed by atoms with Crippen molar-refractivity contribution in [3.63, 3.8) is 0 Å². The molecule has 0 aliphatic carbocycles. The van der Waals surface area contributed by atoms with Gasteiger partial charge in [0.2, 0.25) is 5.79 Å². The Morgan fingerprint density at radius 2 is 1.87 bits per heavy atom. The summed E-state index contributed by atoms with van der Waals surface area (Å²) in [4.78, 5) is 18.6. The zero-order valence-electron chi connectivity index (χ0n) is 11.5. The molecular weight excluding hydrogens is 333 g/mol. The quantitative estimate of drug-likeness (QED) is 0.687. The number of H-pyrrole nitrogens is 1. The molecule has 0 amide bonds. The molecule has 9 heteroatoms. The van der Waals surface area contributed by atoms with Crippen LogP contribution in [0.4, 0.5) is 13.2 Å². The minimum absolute atomic E-state index is 0.0122. The van der Waals surface area contributed by atoms with Gasteiger partial charge in [0.15, 0.2) is 0 Å². The van der Waals surface area contributed by atoms with Crippen molar-refractivity contribution in [1.29, 1.82) is 0 Å². The van der Waals surface area contributed by atoms with Gasteiger partial charge in [-0.25, -0.2) is 4.98 Å². The molecule has 0 bridgehead atoms. The normalized spacial score (nSPS) is 16.9. The van der Waals surface area contributed by atoms with Crippen molar-refractivity contribution in [3.05, 3.63) is 51.4 Å². The number of aromatic amines is 1. The van der Waals surface area contributed by atoms with Crippen LogP contribution in [0.2, 0.25) is 0 Å². The molecule has 0 saturated carbocycles. The van der Waals surface area contributed by atoms with Crippen LogP contribution in [0.5, 0.6) is 0 Å². The third-order valence-electron chi connectivity index (χ3n) is 3.43. The van der Waals surface area contributed by atoms with E-state index in [1.807, 2.05) is 0 Å². The second kappa shape index (κ2) is 5.36. The Bertz CT molecular complexity index is 800. The van der Waals surface area contributed by atoms with Gasteiger partial charge in [0.1, 0.15) is 11.5 Å². The predicted octanol–water partition coefficient (Wildman–Crippen LogP) is 1.84. The number of fused-ring (bicyclic) bond motifs is 1. The van der Waals surface area contributed by atoms with Crippen molar-refractivity contribution in [1.82, 2.24) is 9.97 Å². The molecule has 0 atom stereocenters. The molecule has 1 aliphatic rings. The van der Waals surface area contributed by atoms with Gasteiger partial charge in [0.05, 0.1) is 16.9 Å². The van der Waals surface area contributed by atoms with E-state index in [2.05, 4.69) is 9.97 Å². The minimum atomic E-state index is -4.46. The maximum absolute atomic E-state index is 12.6. The van der Waals surface area contributed by atoms with Gasteiger partial charge < -0.3 is 15.2 Å². The first-order valence-electron chi connectivity index (χ1n) is 6.52. The number of alkyl halides is 3. The zero-order valence-corrected chi connectivity index (χ0v) is 12.3. The smallest absolute Gasteiger partial charge is 0.360 e. The van der Waals surface area contributed by atoms with Crippen LogP contribution < -0.4 is 5.56 Å². The summed E-state index contributed by atoms with van der Waals surface area (Å²) in [6.45, 7) is 0. The Hall–Kier alpha value is -1.84. The van der Waals surface area contributed by atoms with Gasteiger partial charge in [-0.15, -0.1) is 0 Å². The van der Waals surface area contributed by atoms with Gasteiger partial charge in [0.25, 0.3) is 5.56 Å².